The van der Waals surface area contributed by atoms with Crippen LogP contribution in [-0.2, 0) is 5.92 Å². The Hall–Kier alpha value is -1.85. The van der Waals surface area contributed by atoms with Crippen LogP contribution in [0, 0.1) is 0 Å². The lowest BCUT2D eigenvalue weighted by molar-refractivity contribution is 0.0329. The van der Waals surface area contributed by atoms with Gasteiger partial charge in [0.1, 0.15) is 0 Å². The topological polar surface area (TPSA) is 54.5 Å². The first-order chi connectivity index (χ1) is 6.71. The average molecular weight is 196 g/mol. The van der Waals surface area contributed by atoms with Crippen LogP contribution in [0.5, 0.6) is 0 Å². The molecule has 2 rings (SSSR count). The van der Waals surface area contributed by atoms with Crippen LogP contribution in [0.2, 0.25) is 0 Å². The number of benzene rings is 1. The van der Waals surface area contributed by atoms with Gasteiger partial charge in [0.15, 0.2) is 0 Å². The van der Waals surface area contributed by atoms with E-state index < -0.39 is 11.7 Å². The fraction of sp³-hybridized carbons (Fsp3) is 0.125. The Morgan fingerprint density at radius 1 is 1.14 bits per heavy atom. The quantitative estimate of drug-likeness (QED) is 0.788. The lowest BCUT2D eigenvalue weighted by atomic mass is 10.1. The van der Waals surface area contributed by atoms with Crippen LogP contribution in [0.3, 0.4) is 0 Å². The summed E-state index contributed by atoms with van der Waals surface area (Å²) in [6.07, 6.45) is 0. The van der Waals surface area contributed by atoms with E-state index in [2.05, 4.69) is 15.4 Å². The zero-order valence-corrected chi connectivity index (χ0v) is 6.98. The number of tetrazole rings is 1. The first-order valence-electron chi connectivity index (χ1n) is 3.88. The zero-order chi connectivity index (χ0) is 10.0. The second kappa shape index (κ2) is 3.13. The molecule has 0 bridgehead atoms. The van der Waals surface area contributed by atoms with Crippen molar-refractivity contribution in [2.24, 2.45) is 0 Å². The van der Waals surface area contributed by atoms with Crippen molar-refractivity contribution >= 4 is 0 Å². The second-order valence-corrected chi connectivity index (χ2v) is 2.68. The van der Waals surface area contributed by atoms with Crippen molar-refractivity contribution in [3.05, 3.63) is 41.7 Å². The summed E-state index contributed by atoms with van der Waals surface area (Å²) in [6.45, 7) is 0. The Labute approximate surface area is 78.0 Å². The van der Waals surface area contributed by atoms with E-state index in [1.807, 2.05) is 5.21 Å². The zero-order valence-electron chi connectivity index (χ0n) is 6.98. The first-order valence-corrected chi connectivity index (χ1v) is 3.88. The van der Waals surface area contributed by atoms with Gasteiger partial charge in [-0.1, -0.05) is 30.3 Å². The summed E-state index contributed by atoms with van der Waals surface area (Å²) in [5.74, 6) is -3.82. The predicted octanol–water partition coefficient (Wildman–Crippen LogP) is 1.34. The maximum absolute atomic E-state index is 13.5. The largest absolute Gasteiger partial charge is 0.335 e. The summed E-state index contributed by atoms with van der Waals surface area (Å²) < 4.78 is 27.1. The van der Waals surface area contributed by atoms with Gasteiger partial charge in [-0.05, 0) is 5.21 Å². The molecule has 0 saturated carbocycles. The summed E-state index contributed by atoms with van der Waals surface area (Å²) in [7, 11) is 0. The molecule has 72 valence electrons. The lowest BCUT2D eigenvalue weighted by Crippen LogP contribution is -2.17. The van der Waals surface area contributed by atoms with E-state index >= 15 is 0 Å². The molecule has 0 amide bonds. The molecule has 0 unspecified atom stereocenters. The highest BCUT2D eigenvalue weighted by atomic mass is 19.3. The molecule has 0 radical (unpaired) electrons. The fourth-order valence-corrected chi connectivity index (χ4v) is 1.07. The van der Waals surface area contributed by atoms with Gasteiger partial charge in [-0.2, -0.15) is 14.0 Å². The Kier molecular flexibility index (Phi) is 1.95. The molecule has 1 N–H and O–H groups in total. The number of H-pyrrole nitrogens is 1. The van der Waals surface area contributed by atoms with Crippen LogP contribution in [-0.4, -0.2) is 20.6 Å². The molecule has 0 aliphatic carbocycles. The number of hydrogen-bond donors (Lipinski definition) is 1. The van der Waals surface area contributed by atoms with Gasteiger partial charge in [0, 0.05) is 5.56 Å². The van der Waals surface area contributed by atoms with E-state index in [9.17, 15) is 8.78 Å². The van der Waals surface area contributed by atoms with Gasteiger partial charge in [0.05, 0.1) is 0 Å². The van der Waals surface area contributed by atoms with Crippen molar-refractivity contribution in [3.8, 4) is 0 Å². The van der Waals surface area contributed by atoms with Crippen molar-refractivity contribution in [2.75, 3.05) is 0 Å². The Balaban J connectivity index is 2.43. The van der Waals surface area contributed by atoms with E-state index in [4.69, 9.17) is 0 Å². The molecule has 1 heterocycles. The number of rotatable bonds is 2. The molecule has 6 heteroatoms. The monoisotopic (exact) mass is 196 g/mol. The molecule has 1 aromatic carbocycles. The number of nitrogens with zero attached hydrogens (tertiary/aromatic N) is 3. The third-order valence-corrected chi connectivity index (χ3v) is 1.76. The summed E-state index contributed by atoms with van der Waals surface area (Å²) in [4.78, 5) is 0. The van der Waals surface area contributed by atoms with Crippen molar-refractivity contribution in [1.82, 2.24) is 20.6 Å². The minimum Gasteiger partial charge on any atom is -0.192 e. The maximum atomic E-state index is 13.5. The molecule has 4 nitrogen and oxygen atoms in total. The number of aromatic amines is 1. The third-order valence-electron chi connectivity index (χ3n) is 1.76. The van der Waals surface area contributed by atoms with Gasteiger partial charge in [-0.25, -0.2) is 0 Å². The number of hydrogen-bond acceptors (Lipinski definition) is 3. The summed E-state index contributed by atoms with van der Waals surface area (Å²) in [5.41, 5.74) is -0.151. The molecular weight excluding hydrogens is 190 g/mol. The molecule has 0 saturated heterocycles. The van der Waals surface area contributed by atoms with E-state index in [-0.39, 0.29) is 5.56 Å². The van der Waals surface area contributed by atoms with Crippen LogP contribution < -0.4 is 0 Å². The molecule has 0 fully saturated rings. The number of aromatic nitrogens is 4. The van der Waals surface area contributed by atoms with Gasteiger partial charge < -0.3 is 0 Å². The smallest absolute Gasteiger partial charge is 0.192 e. The van der Waals surface area contributed by atoms with Crippen LogP contribution >= 0.6 is 0 Å². The molecule has 0 aliphatic rings. The van der Waals surface area contributed by atoms with Gasteiger partial charge in [-0.3, -0.25) is 0 Å². The molecule has 0 atom stereocenters. The summed E-state index contributed by atoms with van der Waals surface area (Å²) in [5, 5.41) is 11.6. The molecule has 0 spiro atoms. The average Bonchev–Trinajstić information content (AvgIpc) is 2.72. The van der Waals surface area contributed by atoms with E-state index in [1.54, 1.807) is 6.07 Å². The molecule has 0 aliphatic heterocycles. The SMILES string of the molecule is FC(F)(c1ccccc1)c1nn[nH]n1. The van der Waals surface area contributed by atoms with Crippen LogP contribution in [0.15, 0.2) is 30.3 Å². The molecule has 2 aromatic rings. The van der Waals surface area contributed by atoms with E-state index in [1.165, 1.54) is 24.3 Å². The Morgan fingerprint density at radius 3 is 2.43 bits per heavy atom. The van der Waals surface area contributed by atoms with Crippen molar-refractivity contribution in [2.45, 2.75) is 5.92 Å². The van der Waals surface area contributed by atoms with Crippen LogP contribution in [0.4, 0.5) is 8.78 Å². The third kappa shape index (κ3) is 1.34. The molecule has 1 aromatic heterocycles. The highest BCUT2D eigenvalue weighted by Gasteiger charge is 2.38. The number of halogens is 2. The van der Waals surface area contributed by atoms with Gasteiger partial charge >= 0.3 is 5.92 Å². The second-order valence-electron chi connectivity index (χ2n) is 2.68. The van der Waals surface area contributed by atoms with Gasteiger partial charge in [-0.15, -0.1) is 10.2 Å². The summed E-state index contributed by atoms with van der Waals surface area (Å²) in [6, 6.07) is 7.36. The highest BCUT2D eigenvalue weighted by Crippen LogP contribution is 2.32. The summed E-state index contributed by atoms with van der Waals surface area (Å²) >= 11 is 0. The van der Waals surface area contributed by atoms with Gasteiger partial charge in [0.25, 0.3) is 0 Å². The van der Waals surface area contributed by atoms with Crippen molar-refractivity contribution in [1.29, 1.82) is 0 Å². The van der Waals surface area contributed by atoms with E-state index in [0.717, 1.165) is 0 Å². The maximum Gasteiger partial charge on any atom is 0.335 e. The van der Waals surface area contributed by atoms with Crippen LogP contribution in [0.1, 0.15) is 11.4 Å². The van der Waals surface area contributed by atoms with E-state index in [0.29, 0.717) is 0 Å². The van der Waals surface area contributed by atoms with Crippen molar-refractivity contribution < 1.29 is 8.78 Å². The lowest BCUT2D eigenvalue weighted by Gasteiger charge is -2.11. The Morgan fingerprint density at radius 2 is 1.86 bits per heavy atom. The highest BCUT2D eigenvalue weighted by molar-refractivity contribution is 5.25. The first kappa shape index (κ1) is 8.74. The minimum absolute atomic E-state index is 0.151. The number of alkyl halides is 2. The molecule has 14 heavy (non-hydrogen) atoms. The minimum atomic E-state index is -3.20. The standard InChI is InChI=1S/C8H6F2N4/c9-8(10,7-11-13-14-12-7)6-4-2-1-3-5-6/h1-5H,(H,11,12,13,14). The number of nitrogens with one attached hydrogen (secondary N) is 1. The fourth-order valence-electron chi connectivity index (χ4n) is 1.07. The van der Waals surface area contributed by atoms with Gasteiger partial charge in [0.2, 0.25) is 5.82 Å². The molecular formula is C8H6F2N4. The van der Waals surface area contributed by atoms with Crippen molar-refractivity contribution in [3.63, 3.8) is 0 Å². The Bertz CT molecular complexity index is 399. The normalized spacial score (nSPS) is 11.6. The predicted molar refractivity (Wildman–Crippen MR) is 43.6 cm³/mol. The van der Waals surface area contributed by atoms with Crippen LogP contribution in [0.25, 0.3) is 0 Å².